The highest BCUT2D eigenvalue weighted by Crippen LogP contribution is 1.97. The van der Waals surface area contributed by atoms with E-state index >= 15 is 0 Å². The third kappa shape index (κ3) is 1.04. The van der Waals surface area contributed by atoms with Crippen molar-refractivity contribution < 1.29 is 4.79 Å². The minimum Gasteiger partial charge on any atom is -0.352 e. The molecule has 1 aliphatic rings. The van der Waals surface area contributed by atoms with Gasteiger partial charge < -0.3 is 5.32 Å². The fourth-order valence-corrected chi connectivity index (χ4v) is 0.879. The predicted molar refractivity (Wildman–Crippen MR) is 34.8 cm³/mol. The van der Waals surface area contributed by atoms with Gasteiger partial charge in [-0.05, 0) is 12.8 Å². The van der Waals surface area contributed by atoms with Gasteiger partial charge >= 0.3 is 0 Å². The largest absolute Gasteiger partial charge is 0.352 e. The first-order chi connectivity index (χ1) is 3.80. The minimum absolute atomic E-state index is 0.0498. The van der Waals surface area contributed by atoms with Crippen LogP contribution >= 0.6 is 12.2 Å². The summed E-state index contributed by atoms with van der Waals surface area (Å²) in [5, 5.41) is 2.65. The number of carbonyl (C=O) groups excluding carboxylic acids is 1. The summed E-state index contributed by atoms with van der Waals surface area (Å²) in [6, 6.07) is 0. The Morgan fingerprint density at radius 3 is 2.75 bits per heavy atom. The van der Waals surface area contributed by atoms with Gasteiger partial charge in [0.25, 0.3) is 5.91 Å². The monoisotopic (exact) mass is 129 g/mol. The van der Waals surface area contributed by atoms with Gasteiger partial charge in [0.15, 0.2) is 0 Å². The highest BCUT2D eigenvalue weighted by molar-refractivity contribution is 7.82. The average molecular weight is 129 g/mol. The molecule has 1 rings (SSSR count). The molecular weight excluding hydrogens is 122 g/mol. The summed E-state index contributed by atoms with van der Waals surface area (Å²) < 4.78 is 0. The third-order valence-electron chi connectivity index (χ3n) is 1.12. The molecule has 8 heavy (non-hydrogen) atoms. The molecule has 0 radical (unpaired) electrons. The average Bonchev–Trinajstić information content (AvgIpc) is 1.77. The summed E-state index contributed by atoms with van der Waals surface area (Å²) in [5.74, 6) is -0.0498. The number of thiocarbonyl (C=S) groups is 1. The van der Waals surface area contributed by atoms with Gasteiger partial charge in [-0.1, -0.05) is 12.2 Å². The quantitative estimate of drug-likeness (QED) is 0.475. The van der Waals surface area contributed by atoms with Gasteiger partial charge in [0.05, 0.1) is 4.86 Å². The van der Waals surface area contributed by atoms with Crippen molar-refractivity contribution in [2.45, 2.75) is 12.8 Å². The Balaban J connectivity index is 2.52. The Morgan fingerprint density at radius 2 is 2.38 bits per heavy atom. The smallest absolute Gasteiger partial charge is 0.258 e. The van der Waals surface area contributed by atoms with Gasteiger partial charge in [-0.15, -0.1) is 0 Å². The van der Waals surface area contributed by atoms with Crippen LogP contribution < -0.4 is 5.32 Å². The Bertz CT molecular complexity index is 116. The van der Waals surface area contributed by atoms with Gasteiger partial charge in [-0.2, -0.15) is 0 Å². The number of piperidine rings is 1. The summed E-state index contributed by atoms with van der Waals surface area (Å²) in [6.45, 7) is 0.791. The zero-order valence-corrected chi connectivity index (χ0v) is 5.25. The molecule has 1 heterocycles. The lowest BCUT2D eigenvalue weighted by molar-refractivity contribution is -0.115. The van der Waals surface area contributed by atoms with Gasteiger partial charge in [0.2, 0.25) is 0 Å². The molecule has 1 N–H and O–H groups in total. The van der Waals surface area contributed by atoms with Crippen molar-refractivity contribution in [3.63, 3.8) is 0 Å². The predicted octanol–water partition coefficient (Wildman–Crippen LogP) is 0.266. The molecule has 0 aliphatic carbocycles. The van der Waals surface area contributed by atoms with E-state index in [-0.39, 0.29) is 5.91 Å². The molecule has 1 amide bonds. The summed E-state index contributed by atoms with van der Waals surface area (Å²) >= 11 is 4.72. The van der Waals surface area contributed by atoms with Crippen molar-refractivity contribution in [3.8, 4) is 0 Å². The molecule has 0 aromatic carbocycles. The minimum atomic E-state index is -0.0498. The van der Waals surface area contributed by atoms with Crippen LogP contribution in [0.3, 0.4) is 0 Å². The zero-order chi connectivity index (χ0) is 5.98. The first-order valence-electron chi connectivity index (χ1n) is 2.62. The van der Waals surface area contributed by atoms with Gasteiger partial charge in [-0.3, -0.25) is 4.79 Å². The zero-order valence-electron chi connectivity index (χ0n) is 4.44. The standard InChI is InChI=1S/C5H7NOS/c7-5-4(8)2-1-3-6-5/h1-3H2,(H,6,7). The van der Waals surface area contributed by atoms with E-state index in [9.17, 15) is 4.79 Å². The summed E-state index contributed by atoms with van der Waals surface area (Å²) in [6.07, 6.45) is 1.80. The molecule has 2 nitrogen and oxygen atoms in total. The Labute approximate surface area is 53.3 Å². The summed E-state index contributed by atoms with van der Waals surface area (Å²) in [4.78, 5) is 11.1. The fourth-order valence-electron chi connectivity index (χ4n) is 0.663. The number of hydrogen-bond donors (Lipinski definition) is 1. The van der Waals surface area contributed by atoms with Crippen LogP contribution in [-0.2, 0) is 4.79 Å². The Hall–Kier alpha value is -0.440. The van der Waals surface area contributed by atoms with E-state index in [0.717, 1.165) is 19.4 Å². The van der Waals surface area contributed by atoms with Crippen LogP contribution in [-0.4, -0.2) is 17.3 Å². The molecule has 0 aromatic rings. The van der Waals surface area contributed by atoms with Crippen LogP contribution in [0.2, 0.25) is 0 Å². The molecular formula is C5H7NOS. The van der Waals surface area contributed by atoms with E-state index in [2.05, 4.69) is 5.32 Å². The van der Waals surface area contributed by atoms with E-state index in [1.54, 1.807) is 0 Å². The molecule has 0 bridgehead atoms. The molecule has 1 aliphatic heterocycles. The number of rotatable bonds is 0. The van der Waals surface area contributed by atoms with Crippen LogP contribution in [0.15, 0.2) is 0 Å². The lowest BCUT2D eigenvalue weighted by Gasteiger charge is -2.10. The van der Waals surface area contributed by atoms with Crippen molar-refractivity contribution in [3.05, 3.63) is 0 Å². The Kier molecular flexibility index (Phi) is 1.58. The highest BCUT2D eigenvalue weighted by atomic mass is 32.1. The lowest BCUT2D eigenvalue weighted by Crippen LogP contribution is -2.35. The molecule has 1 fully saturated rings. The van der Waals surface area contributed by atoms with Gasteiger partial charge in [-0.25, -0.2) is 0 Å². The summed E-state index contributed by atoms with van der Waals surface area (Å²) in [5.41, 5.74) is 0. The van der Waals surface area contributed by atoms with E-state index in [4.69, 9.17) is 12.2 Å². The van der Waals surface area contributed by atoms with Crippen molar-refractivity contribution >= 4 is 23.0 Å². The molecule has 0 saturated carbocycles. The second-order valence-electron chi connectivity index (χ2n) is 1.78. The normalized spacial score (nSPS) is 20.5. The Morgan fingerprint density at radius 1 is 1.62 bits per heavy atom. The molecule has 44 valence electrons. The summed E-state index contributed by atoms with van der Waals surface area (Å²) in [7, 11) is 0. The van der Waals surface area contributed by atoms with E-state index < -0.39 is 0 Å². The lowest BCUT2D eigenvalue weighted by atomic mass is 10.2. The van der Waals surface area contributed by atoms with Crippen molar-refractivity contribution in [1.29, 1.82) is 0 Å². The maximum Gasteiger partial charge on any atom is 0.258 e. The molecule has 0 spiro atoms. The molecule has 0 unspecified atom stereocenters. The van der Waals surface area contributed by atoms with Gasteiger partial charge in [0, 0.05) is 6.54 Å². The number of hydrogen-bond acceptors (Lipinski definition) is 2. The van der Waals surface area contributed by atoms with E-state index in [0.29, 0.717) is 4.86 Å². The second kappa shape index (κ2) is 2.22. The van der Waals surface area contributed by atoms with Crippen molar-refractivity contribution in [2.75, 3.05) is 6.54 Å². The second-order valence-corrected chi connectivity index (χ2v) is 2.28. The van der Waals surface area contributed by atoms with E-state index in [1.165, 1.54) is 0 Å². The highest BCUT2D eigenvalue weighted by Gasteiger charge is 2.11. The SMILES string of the molecule is O=C1NCCCC1=S. The van der Waals surface area contributed by atoms with Crippen LogP contribution in [0.4, 0.5) is 0 Å². The molecule has 0 aromatic heterocycles. The van der Waals surface area contributed by atoms with Crippen LogP contribution in [0.1, 0.15) is 12.8 Å². The molecule has 0 atom stereocenters. The van der Waals surface area contributed by atoms with Crippen LogP contribution in [0.5, 0.6) is 0 Å². The number of amides is 1. The van der Waals surface area contributed by atoms with Crippen molar-refractivity contribution in [1.82, 2.24) is 5.32 Å². The fraction of sp³-hybridized carbons (Fsp3) is 0.600. The topological polar surface area (TPSA) is 29.1 Å². The third-order valence-corrected chi connectivity index (χ3v) is 1.51. The number of carbonyl (C=O) groups is 1. The first-order valence-corrected chi connectivity index (χ1v) is 3.02. The molecule has 3 heteroatoms. The van der Waals surface area contributed by atoms with Gasteiger partial charge in [0.1, 0.15) is 0 Å². The van der Waals surface area contributed by atoms with E-state index in [1.807, 2.05) is 0 Å². The number of nitrogens with one attached hydrogen (secondary N) is 1. The van der Waals surface area contributed by atoms with Crippen LogP contribution in [0, 0.1) is 0 Å². The first kappa shape index (κ1) is 5.69. The maximum atomic E-state index is 10.5. The maximum absolute atomic E-state index is 10.5. The van der Waals surface area contributed by atoms with Crippen LogP contribution in [0.25, 0.3) is 0 Å². The molecule has 1 saturated heterocycles. The van der Waals surface area contributed by atoms with Crippen molar-refractivity contribution in [2.24, 2.45) is 0 Å².